The molecule has 0 fully saturated rings. The quantitative estimate of drug-likeness (QED) is 0.154. The van der Waals surface area contributed by atoms with Crippen molar-refractivity contribution < 1.29 is 11.0 Å². The van der Waals surface area contributed by atoms with Gasteiger partial charge in [0.25, 0.3) is 0 Å². The van der Waals surface area contributed by atoms with Gasteiger partial charge in [0.2, 0.25) is 0 Å². The molecule has 86 heavy (non-hydrogen) atoms. The first kappa shape index (κ1) is 60.9. The van der Waals surface area contributed by atoms with Crippen LogP contribution in [0.3, 0.4) is 0 Å². The number of hydrogen-bond acceptors (Lipinski definition) is 0. The summed E-state index contributed by atoms with van der Waals surface area (Å²) in [6.07, 6.45) is 4.60. The highest BCUT2D eigenvalue weighted by atomic mass is 14.2. The van der Waals surface area contributed by atoms with E-state index in [-0.39, 0.29) is 29.6 Å². The summed E-state index contributed by atoms with van der Waals surface area (Å²) in [7, 11) is 0. The van der Waals surface area contributed by atoms with Crippen LogP contribution in [0.2, 0.25) is 0 Å². The van der Waals surface area contributed by atoms with Crippen LogP contribution in [-0.2, 0) is 5.41 Å². The maximum atomic E-state index is 7.81. The molecular formula is C86H106. The van der Waals surface area contributed by atoms with Gasteiger partial charge in [-0.15, -0.1) is 12.3 Å². The highest BCUT2D eigenvalue weighted by Crippen LogP contribution is 2.32. The van der Waals surface area contributed by atoms with Crippen LogP contribution in [0, 0.1) is 102 Å². The van der Waals surface area contributed by atoms with E-state index in [4.69, 9.17) is 11.0 Å². The van der Waals surface area contributed by atoms with Crippen molar-refractivity contribution in [2.45, 2.75) is 163 Å². The molecule has 10 rings (SSSR count). The van der Waals surface area contributed by atoms with Crippen LogP contribution < -0.4 is 0 Å². The molecular weight excluding hydrogens is 1030 g/mol. The summed E-state index contributed by atoms with van der Waals surface area (Å²) in [5.41, 5.74) is 23.6. The van der Waals surface area contributed by atoms with Gasteiger partial charge < -0.3 is 0 Å². The Hall–Kier alpha value is -8.24. The minimum atomic E-state index is -1.98. The second-order valence-electron chi connectivity index (χ2n) is 23.1. The maximum Gasteiger partial charge on any atom is 0.0628 e. The molecule has 10 aromatic rings. The van der Waals surface area contributed by atoms with Gasteiger partial charge in [-0.25, -0.2) is 0 Å². The molecule has 0 aliphatic carbocycles. The summed E-state index contributed by atoms with van der Waals surface area (Å²) in [6, 6.07) is 74.9. The largest absolute Gasteiger partial charge is 0.120 e. The van der Waals surface area contributed by atoms with Gasteiger partial charge in [-0.2, -0.15) is 0 Å². The molecule has 0 atom stereocenters. The summed E-state index contributed by atoms with van der Waals surface area (Å²) >= 11 is 0. The Labute approximate surface area is 537 Å². The van der Waals surface area contributed by atoms with Crippen molar-refractivity contribution in [3.63, 3.8) is 0 Å². The Morgan fingerprint density at radius 1 is 0.384 bits per heavy atom. The number of hydrogen-bond donors (Lipinski definition) is 0. The molecule has 0 nitrogen and oxygen atoms in total. The molecule has 0 N–H and O–H groups in total. The molecule has 0 aliphatic rings. The first-order valence-corrected chi connectivity index (χ1v) is 29.9. The monoisotopic (exact) mass is 1150 g/mol. The number of aryl methyl sites for hydroxylation is 8. The van der Waals surface area contributed by atoms with Crippen LogP contribution in [-0.4, -0.2) is 0 Å². The molecule has 0 unspecified atom stereocenters. The van der Waals surface area contributed by atoms with Crippen LogP contribution in [0.4, 0.5) is 0 Å². The Kier molecular flexibility index (Phi) is 28.4. The zero-order chi connectivity index (χ0) is 71.1. The predicted octanol–water partition coefficient (Wildman–Crippen LogP) is 25.0. The number of rotatable bonds is 4. The second kappa shape index (κ2) is 40.1. The average molecular weight is 1150 g/mol. The van der Waals surface area contributed by atoms with Crippen molar-refractivity contribution in [2.24, 2.45) is 0 Å². The van der Waals surface area contributed by atoms with Gasteiger partial charge in [0.15, 0.2) is 0 Å². The highest BCUT2D eigenvalue weighted by Gasteiger charge is 2.14. The number of terminal acetylenes is 1. The van der Waals surface area contributed by atoms with Crippen LogP contribution in [0.25, 0.3) is 22.3 Å². The third-order valence-corrected chi connectivity index (χ3v) is 14.2. The summed E-state index contributed by atoms with van der Waals surface area (Å²) < 4.78 is 59.2. The third-order valence-electron chi connectivity index (χ3n) is 14.2. The van der Waals surface area contributed by atoms with Crippen molar-refractivity contribution in [3.8, 4) is 34.6 Å². The van der Waals surface area contributed by atoms with Crippen molar-refractivity contribution in [3.05, 3.63) is 332 Å². The minimum Gasteiger partial charge on any atom is -0.120 e. The zero-order valence-electron chi connectivity index (χ0n) is 63.9. The molecule has 10 aromatic carbocycles. The van der Waals surface area contributed by atoms with Crippen molar-refractivity contribution in [1.82, 2.24) is 0 Å². The lowest BCUT2D eigenvalue weighted by Crippen LogP contribution is -2.12. The predicted molar refractivity (Wildman–Crippen MR) is 385 cm³/mol. The summed E-state index contributed by atoms with van der Waals surface area (Å²) in [4.78, 5) is 0. The maximum absolute atomic E-state index is 7.81. The van der Waals surface area contributed by atoms with E-state index in [0.717, 1.165) is 16.7 Å². The summed E-state index contributed by atoms with van der Waals surface area (Å²) in [5.74, 6) is 2.44. The van der Waals surface area contributed by atoms with Gasteiger partial charge in [0.1, 0.15) is 0 Å². The van der Waals surface area contributed by atoms with Crippen LogP contribution in [0.5, 0.6) is 0 Å². The van der Waals surface area contributed by atoms with Crippen LogP contribution >= 0.6 is 0 Å². The summed E-state index contributed by atoms with van der Waals surface area (Å²) in [6.45, 7) is 38.8. The van der Waals surface area contributed by atoms with Crippen LogP contribution in [0.1, 0.15) is 167 Å². The van der Waals surface area contributed by atoms with E-state index >= 15 is 0 Å². The lowest BCUT2D eigenvalue weighted by Gasteiger charge is -2.21. The molecule has 0 saturated carbocycles. The molecule has 0 aromatic heterocycles. The smallest absolute Gasteiger partial charge is 0.0628 e. The van der Waals surface area contributed by atoms with Gasteiger partial charge in [0, 0.05) is 5.48 Å². The minimum absolute atomic E-state index is 0.00407. The van der Waals surface area contributed by atoms with Gasteiger partial charge in [-0.1, -0.05) is 308 Å². The third kappa shape index (κ3) is 28.1. The lowest BCUT2D eigenvalue weighted by atomic mass is 9.84. The molecule has 0 heterocycles. The molecule has 0 heteroatoms. The first-order valence-electron chi connectivity index (χ1n) is 33.9. The van der Waals surface area contributed by atoms with Gasteiger partial charge in [-0.3, -0.25) is 0 Å². The van der Waals surface area contributed by atoms with Crippen molar-refractivity contribution in [1.29, 1.82) is 0 Å². The fraction of sp³-hybridized carbons (Fsp3) is 0.279. The van der Waals surface area contributed by atoms with E-state index < -0.39 is 12.7 Å². The Balaban J connectivity index is 0.000000369. The van der Waals surface area contributed by atoms with E-state index in [9.17, 15) is 0 Å². The average Bonchev–Trinajstić information content (AvgIpc) is 0.835. The van der Waals surface area contributed by atoms with E-state index in [2.05, 4.69) is 253 Å². The van der Waals surface area contributed by atoms with Gasteiger partial charge >= 0.3 is 0 Å². The molecule has 450 valence electrons. The normalized spacial score (nSPS) is 11.5. The van der Waals surface area contributed by atoms with Crippen LogP contribution in [0.15, 0.2) is 243 Å². The first-order chi connectivity index (χ1) is 44.0. The van der Waals surface area contributed by atoms with E-state index in [1.807, 2.05) is 83.1 Å². The fourth-order valence-electron chi connectivity index (χ4n) is 9.03. The zero-order valence-corrected chi connectivity index (χ0v) is 55.9. The van der Waals surface area contributed by atoms with Crippen molar-refractivity contribution in [2.75, 3.05) is 0 Å². The molecule has 0 amide bonds. The Bertz CT molecular complexity index is 3660. The SMILES string of the molecule is C#CC.Cc1c(-c2ccccc2)cccc1-c1ccccc1.Cc1cccc(C)c1C.Cc1ccccc1.Cc1ccccc1C(C)(C)C.Cc1ccccc1C(C)C.[2H]C(C)(C)c1ccccc1C.[2H]C([2H])([2H])c1cccc(C)c1C.[2H]c1c([2H])c(C)c([2H])c(C)c1[2H]. The fourth-order valence-corrected chi connectivity index (χ4v) is 9.03. The van der Waals surface area contributed by atoms with E-state index in [1.54, 1.807) is 32.9 Å². The summed E-state index contributed by atoms with van der Waals surface area (Å²) in [5, 5.41) is 0. The van der Waals surface area contributed by atoms with Gasteiger partial charge in [-0.05, 0) is 209 Å². The molecule has 0 spiro atoms. The lowest BCUT2D eigenvalue weighted by molar-refractivity contribution is 0.586. The van der Waals surface area contributed by atoms with Gasteiger partial charge in [0.05, 0.1) is 5.48 Å². The standard InChI is InChI=1S/C19H16.C11H16.2C10H14.2C9H12.C8H10.C7H8.C3H4/c1-15-18(16-9-4-2-5-10-16)13-8-14-19(15)17-11-6-3-7-12-17;1-9-7-5-6-8-10(9)11(2,3)4;2*1-8(2)10-7-5-4-6-9(10)3;2*1-7-5-4-6-8(2)9(7)3;1-7-4-3-5-8(2)6-7;1-7-5-3-2-4-6-7;1-3-2/h2-14H,1H3;5-8H,1-4H3;2*4-8H,1-3H3;2*4-6H,1-3H3;3-6H,1-2H3;2-6H,1H3;1H,2H3/i;;8D;;1D3;;3D,4D,5D,6D;;. The second-order valence-corrected chi connectivity index (χ2v) is 23.1. The molecule has 0 bridgehead atoms. The topological polar surface area (TPSA) is 0 Å². The molecule has 0 saturated heterocycles. The number of benzene rings is 10. The molecule has 0 radical (unpaired) electrons. The molecule has 0 aliphatic heterocycles. The van der Waals surface area contributed by atoms with Crippen molar-refractivity contribution >= 4 is 0 Å². The Morgan fingerprint density at radius 2 is 0.721 bits per heavy atom. The Morgan fingerprint density at radius 3 is 1.03 bits per heavy atom. The van der Waals surface area contributed by atoms with E-state index in [1.165, 1.54) is 77.9 Å². The van der Waals surface area contributed by atoms with E-state index in [0.29, 0.717) is 22.6 Å². The highest BCUT2D eigenvalue weighted by molar-refractivity contribution is 5.78.